The van der Waals surface area contributed by atoms with Crippen molar-refractivity contribution in [2.24, 2.45) is 0 Å². The van der Waals surface area contributed by atoms with E-state index in [-0.39, 0.29) is 17.5 Å². The third-order valence-corrected chi connectivity index (χ3v) is 5.12. The first-order valence-electron chi connectivity index (χ1n) is 9.11. The molecular weight excluding hydrogens is 358 g/mol. The summed E-state index contributed by atoms with van der Waals surface area (Å²) in [6.07, 6.45) is 0.985. The summed E-state index contributed by atoms with van der Waals surface area (Å²) in [5.74, 6) is -0.192. The van der Waals surface area contributed by atoms with Crippen LogP contribution in [0.15, 0.2) is 47.3 Å². The summed E-state index contributed by atoms with van der Waals surface area (Å²) in [6.45, 7) is 6.43. The third kappa shape index (κ3) is 3.85. The molecule has 2 aromatic carbocycles. The van der Waals surface area contributed by atoms with Gasteiger partial charge in [-0.15, -0.1) is 0 Å². The van der Waals surface area contributed by atoms with Gasteiger partial charge in [0.1, 0.15) is 0 Å². The fraction of sp³-hybridized carbons (Fsp3) is 0.286. The van der Waals surface area contributed by atoms with Gasteiger partial charge in [-0.2, -0.15) is 0 Å². The largest absolute Gasteiger partial charge is 0.346 e. The second-order valence-electron chi connectivity index (χ2n) is 6.53. The molecule has 2 N–H and O–H groups in total. The maximum atomic E-state index is 12.7. The third-order valence-electron chi connectivity index (χ3n) is 4.80. The van der Waals surface area contributed by atoms with Crippen LogP contribution in [-0.2, 0) is 13.0 Å². The Hall–Kier alpha value is -2.73. The summed E-state index contributed by atoms with van der Waals surface area (Å²) in [4.78, 5) is 28.1. The number of amides is 1. The minimum Gasteiger partial charge on any atom is -0.346 e. The zero-order chi connectivity index (χ0) is 19.6. The summed E-state index contributed by atoms with van der Waals surface area (Å²) in [6, 6.07) is 13.1. The van der Waals surface area contributed by atoms with Gasteiger partial charge >= 0.3 is 0 Å². The highest BCUT2D eigenvalue weighted by atomic mass is 32.1. The predicted molar refractivity (Wildman–Crippen MR) is 111 cm³/mol. The zero-order valence-electron chi connectivity index (χ0n) is 15.7. The second-order valence-corrected chi connectivity index (χ2v) is 6.92. The average molecular weight is 382 g/mol. The van der Waals surface area contributed by atoms with Gasteiger partial charge in [-0.3, -0.25) is 14.2 Å². The number of carbonyl (C=O) groups excluding carboxylic acids is 1. The Balaban J connectivity index is 1.87. The van der Waals surface area contributed by atoms with Crippen molar-refractivity contribution in [3.8, 4) is 0 Å². The number of hydrogen-bond acceptors (Lipinski definition) is 3. The Bertz CT molecular complexity index is 1100. The molecule has 27 heavy (non-hydrogen) atoms. The van der Waals surface area contributed by atoms with E-state index in [1.54, 1.807) is 18.2 Å². The van der Waals surface area contributed by atoms with Gasteiger partial charge in [0.25, 0.3) is 11.5 Å². The van der Waals surface area contributed by atoms with Crippen molar-refractivity contribution in [2.75, 3.05) is 0 Å². The van der Waals surface area contributed by atoms with E-state index in [0.29, 0.717) is 27.8 Å². The molecule has 1 atom stereocenters. The summed E-state index contributed by atoms with van der Waals surface area (Å²) in [7, 11) is 0. The Morgan fingerprint density at radius 1 is 1.19 bits per heavy atom. The van der Waals surface area contributed by atoms with Crippen LogP contribution in [0.1, 0.15) is 48.3 Å². The quantitative estimate of drug-likeness (QED) is 0.653. The Morgan fingerprint density at radius 2 is 1.89 bits per heavy atom. The predicted octanol–water partition coefficient (Wildman–Crippen LogP) is 4.13. The molecule has 0 aliphatic heterocycles. The number of aryl methyl sites for hydroxylation is 1. The van der Waals surface area contributed by atoms with E-state index >= 15 is 0 Å². The van der Waals surface area contributed by atoms with Gasteiger partial charge in [0.05, 0.1) is 16.9 Å². The van der Waals surface area contributed by atoms with Crippen LogP contribution < -0.4 is 10.9 Å². The highest BCUT2D eigenvalue weighted by molar-refractivity contribution is 7.71. The number of nitrogens with zero attached hydrogens (tertiary/aromatic N) is 1. The molecule has 3 aromatic rings. The van der Waals surface area contributed by atoms with Gasteiger partial charge in [-0.25, -0.2) is 0 Å². The van der Waals surface area contributed by atoms with E-state index in [9.17, 15) is 9.59 Å². The number of rotatable bonds is 5. The molecule has 3 rings (SSSR count). The number of carbonyl (C=O) groups is 1. The van der Waals surface area contributed by atoms with E-state index in [2.05, 4.69) is 29.4 Å². The maximum absolute atomic E-state index is 12.7. The van der Waals surface area contributed by atoms with Crippen LogP contribution >= 0.6 is 12.2 Å². The molecule has 0 radical (unpaired) electrons. The van der Waals surface area contributed by atoms with Crippen LogP contribution in [0.25, 0.3) is 10.9 Å². The fourth-order valence-corrected chi connectivity index (χ4v) is 3.41. The van der Waals surface area contributed by atoms with Gasteiger partial charge in [0.2, 0.25) is 0 Å². The molecule has 0 fully saturated rings. The van der Waals surface area contributed by atoms with Crippen molar-refractivity contribution in [3.05, 3.63) is 74.3 Å². The number of nitrogens with one attached hydrogen (secondary N) is 2. The lowest BCUT2D eigenvalue weighted by Crippen LogP contribution is -2.27. The molecule has 1 heterocycles. The lowest BCUT2D eigenvalue weighted by atomic mass is 10.0. The van der Waals surface area contributed by atoms with Crippen LogP contribution in [0.3, 0.4) is 0 Å². The van der Waals surface area contributed by atoms with Crippen LogP contribution in [-0.4, -0.2) is 15.5 Å². The standard InChI is InChI=1S/C21H23N3O2S/c1-4-14-6-8-15(9-7-14)13(3)22-19(25)16-10-11-17-18(12-16)23-21(27)24(5-2)20(17)26/h6-13H,4-5H2,1-3H3,(H,22,25)(H,23,27). The molecule has 6 heteroatoms. The van der Waals surface area contributed by atoms with Crippen molar-refractivity contribution in [1.82, 2.24) is 14.9 Å². The van der Waals surface area contributed by atoms with Crippen LogP contribution in [0.4, 0.5) is 0 Å². The first-order chi connectivity index (χ1) is 12.9. The van der Waals surface area contributed by atoms with E-state index in [4.69, 9.17) is 12.2 Å². The lowest BCUT2D eigenvalue weighted by molar-refractivity contribution is 0.0940. The lowest BCUT2D eigenvalue weighted by Gasteiger charge is -2.15. The normalized spacial score (nSPS) is 12.1. The smallest absolute Gasteiger partial charge is 0.262 e. The highest BCUT2D eigenvalue weighted by Gasteiger charge is 2.13. The minimum absolute atomic E-state index is 0.120. The highest BCUT2D eigenvalue weighted by Crippen LogP contribution is 2.16. The summed E-state index contributed by atoms with van der Waals surface area (Å²) in [5, 5.41) is 3.52. The van der Waals surface area contributed by atoms with Gasteiger partial charge in [0.15, 0.2) is 4.77 Å². The van der Waals surface area contributed by atoms with Crippen molar-refractivity contribution in [3.63, 3.8) is 0 Å². The first-order valence-corrected chi connectivity index (χ1v) is 9.52. The van der Waals surface area contributed by atoms with Gasteiger partial charge in [-0.05, 0) is 61.8 Å². The molecule has 0 saturated carbocycles. The van der Waals surface area contributed by atoms with E-state index in [1.165, 1.54) is 10.1 Å². The van der Waals surface area contributed by atoms with E-state index in [0.717, 1.165) is 12.0 Å². The second kappa shape index (κ2) is 7.88. The van der Waals surface area contributed by atoms with E-state index < -0.39 is 0 Å². The van der Waals surface area contributed by atoms with Crippen molar-refractivity contribution < 1.29 is 4.79 Å². The van der Waals surface area contributed by atoms with Crippen molar-refractivity contribution in [2.45, 2.75) is 39.8 Å². The summed E-state index contributed by atoms with van der Waals surface area (Å²) in [5.41, 5.74) is 3.22. The van der Waals surface area contributed by atoms with Gasteiger partial charge < -0.3 is 10.3 Å². The molecule has 5 nitrogen and oxygen atoms in total. The molecule has 0 spiro atoms. The van der Waals surface area contributed by atoms with Crippen LogP contribution in [0, 0.1) is 4.77 Å². The minimum atomic E-state index is -0.192. The topological polar surface area (TPSA) is 66.9 Å². The number of benzene rings is 2. The first kappa shape index (κ1) is 19.0. The van der Waals surface area contributed by atoms with Crippen LogP contribution in [0.2, 0.25) is 0 Å². The fourth-order valence-electron chi connectivity index (χ4n) is 3.09. The molecule has 0 bridgehead atoms. The maximum Gasteiger partial charge on any atom is 0.262 e. The van der Waals surface area contributed by atoms with Gasteiger partial charge in [0, 0.05) is 12.1 Å². The molecule has 1 aromatic heterocycles. The van der Waals surface area contributed by atoms with E-state index in [1.807, 2.05) is 26.0 Å². The number of aromatic amines is 1. The Kier molecular flexibility index (Phi) is 5.56. The number of fused-ring (bicyclic) bond motifs is 1. The molecule has 0 aliphatic carbocycles. The zero-order valence-corrected chi connectivity index (χ0v) is 16.5. The SMILES string of the molecule is CCc1ccc(C(C)NC(=O)c2ccc3c(=O)n(CC)c(=S)[nH]c3c2)cc1. The van der Waals surface area contributed by atoms with Crippen molar-refractivity contribution in [1.29, 1.82) is 0 Å². The van der Waals surface area contributed by atoms with Gasteiger partial charge in [-0.1, -0.05) is 31.2 Å². The monoisotopic (exact) mass is 381 g/mol. The molecule has 0 saturated heterocycles. The van der Waals surface area contributed by atoms with Crippen LogP contribution in [0.5, 0.6) is 0 Å². The molecule has 1 amide bonds. The summed E-state index contributed by atoms with van der Waals surface area (Å²) < 4.78 is 1.86. The van der Waals surface area contributed by atoms with Crippen molar-refractivity contribution >= 4 is 29.0 Å². The summed E-state index contributed by atoms with van der Waals surface area (Å²) >= 11 is 5.24. The molecule has 0 aliphatic rings. The molecule has 140 valence electrons. The average Bonchev–Trinajstić information content (AvgIpc) is 2.67. The molecular formula is C21H23N3O2S. The number of aromatic nitrogens is 2. The Labute approximate surface area is 163 Å². The number of hydrogen-bond donors (Lipinski definition) is 2. The Morgan fingerprint density at radius 3 is 2.52 bits per heavy atom. The molecule has 1 unspecified atom stereocenters. The number of H-pyrrole nitrogens is 1.